The van der Waals surface area contributed by atoms with Crippen LogP contribution in [0.3, 0.4) is 0 Å². The lowest BCUT2D eigenvalue weighted by atomic mass is 10.2. The lowest BCUT2D eigenvalue weighted by molar-refractivity contribution is 0.102. The maximum atomic E-state index is 12.5. The first-order valence-corrected chi connectivity index (χ1v) is 11.0. The van der Waals surface area contributed by atoms with E-state index in [1.165, 1.54) is 11.3 Å². The van der Waals surface area contributed by atoms with Crippen molar-refractivity contribution in [1.82, 2.24) is 9.55 Å². The predicted octanol–water partition coefficient (Wildman–Crippen LogP) is 4.68. The quantitative estimate of drug-likeness (QED) is 0.328. The van der Waals surface area contributed by atoms with E-state index in [1.54, 1.807) is 24.3 Å². The lowest BCUT2D eigenvalue weighted by Gasteiger charge is -2.10. The highest BCUT2D eigenvalue weighted by Gasteiger charge is 2.15. The summed E-state index contributed by atoms with van der Waals surface area (Å²) in [7, 11) is 0. The molecule has 4 N–H and O–H groups in total. The van der Waals surface area contributed by atoms with Crippen LogP contribution >= 0.6 is 11.3 Å². The number of hydrogen-bond acceptors (Lipinski definition) is 5. The number of carbonyl (C=O) groups is 2. The summed E-state index contributed by atoms with van der Waals surface area (Å²) in [5, 5.41) is 20.5. The smallest absolute Gasteiger partial charge is 0.326 e. The van der Waals surface area contributed by atoms with Gasteiger partial charge in [0.2, 0.25) is 5.95 Å². The maximum absolute atomic E-state index is 12.5. The number of amides is 3. The zero-order chi connectivity index (χ0) is 22.5. The van der Waals surface area contributed by atoms with Gasteiger partial charge in [-0.15, -0.1) is 11.3 Å². The van der Waals surface area contributed by atoms with Crippen molar-refractivity contribution in [3.8, 4) is 0 Å². The Kier molecular flexibility index (Phi) is 6.48. The molecule has 8 nitrogen and oxygen atoms in total. The Morgan fingerprint density at radius 2 is 1.88 bits per heavy atom. The third-order valence-electron chi connectivity index (χ3n) is 4.90. The Morgan fingerprint density at radius 1 is 1.06 bits per heavy atom. The number of thiophene rings is 1. The van der Waals surface area contributed by atoms with Gasteiger partial charge in [0.15, 0.2) is 0 Å². The van der Waals surface area contributed by atoms with Gasteiger partial charge in [-0.05, 0) is 60.7 Å². The van der Waals surface area contributed by atoms with Gasteiger partial charge in [-0.25, -0.2) is 9.78 Å². The molecule has 4 aromatic rings. The van der Waals surface area contributed by atoms with Crippen molar-refractivity contribution in [2.24, 2.45) is 0 Å². The van der Waals surface area contributed by atoms with Gasteiger partial charge in [0, 0.05) is 24.4 Å². The van der Waals surface area contributed by atoms with E-state index in [2.05, 4.69) is 20.9 Å². The number of benzene rings is 2. The summed E-state index contributed by atoms with van der Waals surface area (Å²) < 4.78 is 1.84. The molecule has 9 heteroatoms. The summed E-state index contributed by atoms with van der Waals surface area (Å²) in [5.41, 5.74) is 3.56. The number of imidazole rings is 1. The third-order valence-corrected chi connectivity index (χ3v) is 5.83. The number of nitrogens with one attached hydrogen (secondary N) is 3. The molecule has 0 fully saturated rings. The van der Waals surface area contributed by atoms with Gasteiger partial charge in [-0.3, -0.25) is 15.4 Å². The third kappa shape index (κ3) is 4.79. The standard InChI is InChI=1S/C23H23N5O3S/c1-15-10-13-32-21(15)26-23(31)27-22-25-18-14-17(8-9-19(18)28(22)11-5-12-29)24-20(30)16-6-3-2-4-7-16/h2-4,6-10,13-14,29H,5,11-12H2,1H3,(H,24,30)(H2,25,26,27,31). The highest BCUT2D eigenvalue weighted by Crippen LogP contribution is 2.25. The van der Waals surface area contributed by atoms with Gasteiger partial charge in [0.1, 0.15) is 0 Å². The van der Waals surface area contributed by atoms with Crippen molar-refractivity contribution < 1.29 is 14.7 Å². The van der Waals surface area contributed by atoms with Gasteiger partial charge in [0.05, 0.1) is 16.0 Å². The number of rotatable bonds is 7. The average Bonchev–Trinajstić information content (AvgIpc) is 3.34. The summed E-state index contributed by atoms with van der Waals surface area (Å²) in [5.74, 6) is 0.153. The topological polar surface area (TPSA) is 108 Å². The van der Waals surface area contributed by atoms with Crippen LogP contribution in [0.5, 0.6) is 0 Å². The Balaban J connectivity index is 1.58. The molecule has 0 atom stereocenters. The van der Waals surface area contributed by atoms with Gasteiger partial charge in [0.25, 0.3) is 5.91 Å². The molecule has 0 saturated heterocycles. The molecule has 0 unspecified atom stereocenters. The second kappa shape index (κ2) is 9.63. The van der Waals surface area contributed by atoms with Crippen LogP contribution in [0.4, 0.5) is 21.4 Å². The van der Waals surface area contributed by atoms with Crippen LogP contribution in [0.2, 0.25) is 0 Å². The molecule has 0 saturated carbocycles. The molecule has 2 aromatic heterocycles. The number of fused-ring (bicyclic) bond motifs is 1. The molecule has 0 aliphatic rings. The fourth-order valence-corrected chi connectivity index (χ4v) is 4.10. The van der Waals surface area contributed by atoms with Crippen molar-refractivity contribution in [2.75, 3.05) is 22.6 Å². The SMILES string of the molecule is Cc1ccsc1NC(=O)Nc1nc2cc(NC(=O)c3ccccc3)ccc2n1CCCO. The minimum Gasteiger partial charge on any atom is -0.396 e. The zero-order valence-electron chi connectivity index (χ0n) is 17.5. The van der Waals surface area contributed by atoms with E-state index in [9.17, 15) is 14.7 Å². The van der Waals surface area contributed by atoms with Crippen LogP contribution in [-0.2, 0) is 6.54 Å². The van der Waals surface area contributed by atoms with E-state index in [0.29, 0.717) is 35.7 Å². The first kappa shape index (κ1) is 21.5. The maximum Gasteiger partial charge on any atom is 0.326 e. The Labute approximate surface area is 188 Å². The molecule has 0 radical (unpaired) electrons. The number of aryl methyl sites for hydroxylation is 2. The van der Waals surface area contributed by atoms with Crippen LogP contribution in [0.1, 0.15) is 22.3 Å². The van der Waals surface area contributed by atoms with Crippen molar-refractivity contribution in [2.45, 2.75) is 19.9 Å². The Hall–Kier alpha value is -3.69. The average molecular weight is 450 g/mol. The largest absolute Gasteiger partial charge is 0.396 e. The zero-order valence-corrected chi connectivity index (χ0v) is 18.3. The molecule has 0 spiro atoms. The number of aromatic nitrogens is 2. The number of aliphatic hydroxyl groups excluding tert-OH is 1. The van der Waals surface area contributed by atoms with Gasteiger partial charge < -0.3 is 15.0 Å². The fourth-order valence-electron chi connectivity index (χ4n) is 3.29. The summed E-state index contributed by atoms with van der Waals surface area (Å²) in [6, 6.07) is 15.9. The molecule has 0 aliphatic heterocycles. The van der Waals surface area contributed by atoms with Crippen molar-refractivity contribution in [1.29, 1.82) is 0 Å². The van der Waals surface area contributed by atoms with E-state index < -0.39 is 6.03 Å². The van der Waals surface area contributed by atoms with Crippen LogP contribution in [0.15, 0.2) is 60.0 Å². The summed E-state index contributed by atoms with van der Waals surface area (Å²) >= 11 is 1.44. The number of hydrogen-bond donors (Lipinski definition) is 4. The predicted molar refractivity (Wildman–Crippen MR) is 128 cm³/mol. The highest BCUT2D eigenvalue weighted by molar-refractivity contribution is 7.14. The molecule has 0 aliphatic carbocycles. The number of urea groups is 1. The molecule has 32 heavy (non-hydrogen) atoms. The van der Waals surface area contributed by atoms with Crippen molar-refractivity contribution in [3.05, 3.63) is 71.1 Å². The van der Waals surface area contributed by atoms with E-state index in [0.717, 1.165) is 16.1 Å². The number of anilines is 3. The number of carbonyl (C=O) groups excluding carboxylic acids is 2. The van der Waals surface area contributed by atoms with Crippen molar-refractivity contribution >= 4 is 50.9 Å². The fraction of sp³-hybridized carbons (Fsp3) is 0.174. The monoisotopic (exact) mass is 449 g/mol. The van der Waals surface area contributed by atoms with Crippen LogP contribution < -0.4 is 16.0 Å². The van der Waals surface area contributed by atoms with Gasteiger partial charge in [-0.1, -0.05) is 18.2 Å². The molecule has 2 aromatic carbocycles. The Bertz CT molecular complexity index is 1250. The van der Waals surface area contributed by atoms with Crippen LogP contribution in [0.25, 0.3) is 11.0 Å². The second-order valence-electron chi connectivity index (χ2n) is 7.20. The first-order chi connectivity index (χ1) is 15.5. The summed E-state index contributed by atoms with van der Waals surface area (Å²) in [6.07, 6.45) is 0.512. The summed E-state index contributed by atoms with van der Waals surface area (Å²) in [6.45, 7) is 2.43. The molecule has 4 rings (SSSR count). The number of nitrogens with zero attached hydrogens (tertiary/aromatic N) is 2. The lowest BCUT2D eigenvalue weighted by Crippen LogP contribution is -2.22. The highest BCUT2D eigenvalue weighted by atomic mass is 32.1. The second-order valence-corrected chi connectivity index (χ2v) is 8.12. The van der Waals surface area contributed by atoms with Crippen LogP contribution in [-0.4, -0.2) is 33.2 Å². The minimum absolute atomic E-state index is 0.0188. The van der Waals surface area contributed by atoms with E-state index in [1.807, 2.05) is 47.2 Å². The van der Waals surface area contributed by atoms with Gasteiger partial charge >= 0.3 is 6.03 Å². The summed E-state index contributed by atoms with van der Waals surface area (Å²) in [4.78, 5) is 29.5. The normalized spacial score (nSPS) is 10.8. The van der Waals surface area contributed by atoms with Gasteiger partial charge in [-0.2, -0.15) is 0 Å². The molecule has 3 amide bonds. The van der Waals surface area contributed by atoms with E-state index >= 15 is 0 Å². The Morgan fingerprint density at radius 3 is 2.59 bits per heavy atom. The molecule has 0 bridgehead atoms. The molecule has 164 valence electrons. The van der Waals surface area contributed by atoms with Crippen molar-refractivity contribution in [3.63, 3.8) is 0 Å². The molecular formula is C23H23N5O3S. The van der Waals surface area contributed by atoms with E-state index in [4.69, 9.17) is 0 Å². The first-order valence-electron chi connectivity index (χ1n) is 10.1. The minimum atomic E-state index is -0.395. The molecule has 2 heterocycles. The van der Waals surface area contributed by atoms with E-state index in [-0.39, 0.29) is 12.5 Å². The van der Waals surface area contributed by atoms with Crippen LogP contribution in [0, 0.1) is 6.92 Å². The molecular weight excluding hydrogens is 426 g/mol. The number of aliphatic hydroxyl groups is 1.